The summed E-state index contributed by atoms with van der Waals surface area (Å²) in [5.41, 5.74) is 6.25. The van der Waals surface area contributed by atoms with Gasteiger partial charge in [-0.3, -0.25) is 20.4 Å². The molecule has 0 aliphatic heterocycles. The minimum Gasteiger partial charge on any atom is -0.463 e. The third kappa shape index (κ3) is 3.49. The van der Waals surface area contributed by atoms with Crippen molar-refractivity contribution >= 4 is 22.7 Å². The first-order valence-electron chi connectivity index (χ1n) is 7.94. The van der Waals surface area contributed by atoms with Crippen molar-refractivity contribution in [2.24, 2.45) is 0 Å². The second kappa shape index (κ2) is 7.04. The number of nitrogens with zero attached hydrogens (tertiary/aromatic N) is 5. The van der Waals surface area contributed by atoms with Crippen LogP contribution in [0.4, 0.5) is 0 Å². The van der Waals surface area contributed by atoms with E-state index in [4.69, 9.17) is 4.42 Å². The summed E-state index contributed by atoms with van der Waals surface area (Å²) in [6, 6.07) is 12.3. The molecule has 1 aromatic carbocycles. The fourth-order valence-corrected chi connectivity index (χ4v) is 2.55. The topological polar surface area (TPSA) is 128 Å². The summed E-state index contributed by atoms with van der Waals surface area (Å²) in [6.45, 7) is -0.123. The number of aromatic nitrogens is 5. The lowest BCUT2D eigenvalue weighted by molar-refractivity contribution is -0.122. The number of carbonyl (C=O) groups excluding carboxylic acids is 2. The van der Waals surface area contributed by atoms with Crippen molar-refractivity contribution in [1.82, 2.24) is 36.0 Å². The molecule has 0 spiro atoms. The maximum absolute atomic E-state index is 12.7. The molecule has 0 atom stereocenters. The van der Waals surface area contributed by atoms with Gasteiger partial charge in [0.25, 0.3) is 11.8 Å². The summed E-state index contributed by atoms with van der Waals surface area (Å²) < 4.78 is 6.61. The Kier molecular flexibility index (Phi) is 4.27. The van der Waals surface area contributed by atoms with E-state index >= 15 is 0 Å². The van der Waals surface area contributed by atoms with E-state index in [0.29, 0.717) is 27.9 Å². The maximum atomic E-state index is 12.7. The van der Waals surface area contributed by atoms with E-state index in [-0.39, 0.29) is 6.54 Å². The number of fused-ring (bicyclic) bond motifs is 1. The molecule has 0 saturated carbocycles. The molecule has 2 amide bonds. The third-order valence-corrected chi connectivity index (χ3v) is 3.75. The van der Waals surface area contributed by atoms with E-state index < -0.39 is 11.8 Å². The van der Waals surface area contributed by atoms with Crippen LogP contribution in [0.5, 0.6) is 0 Å². The molecule has 2 N–H and O–H groups in total. The highest BCUT2D eigenvalue weighted by molar-refractivity contribution is 6.07. The van der Waals surface area contributed by atoms with Crippen molar-refractivity contribution in [3.8, 4) is 11.5 Å². The number of benzene rings is 1. The number of hydrogen-bond acceptors (Lipinski definition) is 7. The van der Waals surface area contributed by atoms with Crippen LogP contribution in [-0.4, -0.2) is 37.0 Å². The average Bonchev–Trinajstić information content (AvgIpc) is 3.39. The summed E-state index contributed by atoms with van der Waals surface area (Å²) in [4.78, 5) is 29.1. The molecule has 3 aromatic heterocycles. The average molecular weight is 363 g/mol. The molecule has 0 aliphatic carbocycles. The van der Waals surface area contributed by atoms with Crippen LogP contribution in [-0.2, 0) is 11.3 Å². The SMILES string of the molecule is O=C(Cn1cnnn1)NNC(=O)c1cc(-c2ccco2)nc2ccccc12. The van der Waals surface area contributed by atoms with Gasteiger partial charge in [0.15, 0.2) is 5.76 Å². The van der Waals surface area contributed by atoms with Crippen LogP contribution >= 0.6 is 0 Å². The first kappa shape index (κ1) is 16.4. The van der Waals surface area contributed by atoms with Crippen molar-refractivity contribution in [3.63, 3.8) is 0 Å². The number of amides is 2. The number of carbonyl (C=O) groups is 2. The van der Waals surface area contributed by atoms with Gasteiger partial charge in [-0.25, -0.2) is 9.67 Å². The number of rotatable bonds is 4. The van der Waals surface area contributed by atoms with E-state index in [9.17, 15) is 9.59 Å². The zero-order valence-corrected chi connectivity index (χ0v) is 13.9. The molecule has 10 heteroatoms. The molecule has 0 radical (unpaired) electrons. The summed E-state index contributed by atoms with van der Waals surface area (Å²) in [5, 5.41) is 11.1. The fourth-order valence-electron chi connectivity index (χ4n) is 2.55. The summed E-state index contributed by atoms with van der Waals surface area (Å²) in [6.07, 6.45) is 2.83. The van der Waals surface area contributed by atoms with Gasteiger partial charge >= 0.3 is 0 Å². The predicted molar refractivity (Wildman–Crippen MR) is 92.9 cm³/mol. The quantitative estimate of drug-likeness (QED) is 0.516. The van der Waals surface area contributed by atoms with Crippen LogP contribution in [0.25, 0.3) is 22.4 Å². The zero-order chi connectivity index (χ0) is 18.6. The summed E-state index contributed by atoms with van der Waals surface area (Å²) >= 11 is 0. The Labute approximate surface area is 152 Å². The highest BCUT2D eigenvalue weighted by Crippen LogP contribution is 2.25. The lowest BCUT2D eigenvalue weighted by Gasteiger charge is -2.10. The van der Waals surface area contributed by atoms with E-state index in [1.807, 2.05) is 12.1 Å². The molecule has 27 heavy (non-hydrogen) atoms. The number of para-hydroxylation sites is 1. The largest absolute Gasteiger partial charge is 0.463 e. The Balaban J connectivity index is 1.58. The number of hydrogen-bond donors (Lipinski definition) is 2. The Morgan fingerprint density at radius 3 is 2.78 bits per heavy atom. The molecule has 4 rings (SSSR count). The molecule has 4 aromatic rings. The van der Waals surface area contributed by atoms with Gasteiger partial charge in [0.2, 0.25) is 0 Å². The Bertz CT molecular complexity index is 1090. The lowest BCUT2D eigenvalue weighted by Crippen LogP contribution is -2.43. The maximum Gasteiger partial charge on any atom is 0.270 e. The van der Waals surface area contributed by atoms with Gasteiger partial charge in [0.1, 0.15) is 18.6 Å². The molecule has 0 bridgehead atoms. The summed E-state index contributed by atoms with van der Waals surface area (Å²) in [7, 11) is 0. The van der Waals surface area contributed by atoms with Crippen LogP contribution in [0.2, 0.25) is 0 Å². The third-order valence-electron chi connectivity index (χ3n) is 3.75. The van der Waals surface area contributed by atoms with Crippen molar-refractivity contribution in [2.75, 3.05) is 0 Å². The zero-order valence-electron chi connectivity index (χ0n) is 13.9. The van der Waals surface area contributed by atoms with Gasteiger partial charge < -0.3 is 4.42 Å². The smallest absolute Gasteiger partial charge is 0.270 e. The molecule has 134 valence electrons. The molecule has 3 heterocycles. The van der Waals surface area contributed by atoms with Gasteiger partial charge in [-0.15, -0.1) is 5.10 Å². The van der Waals surface area contributed by atoms with E-state index in [2.05, 4.69) is 31.4 Å². The minimum atomic E-state index is -0.480. The Morgan fingerprint density at radius 1 is 1.11 bits per heavy atom. The molecular formula is C17H13N7O3. The van der Waals surface area contributed by atoms with E-state index in [1.165, 1.54) is 17.3 Å². The Morgan fingerprint density at radius 2 is 2.00 bits per heavy atom. The minimum absolute atomic E-state index is 0.123. The lowest BCUT2D eigenvalue weighted by atomic mass is 10.1. The van der Waals surface area contributed by atoms with Crippen molar-refractivity contribution < 1.29 is 14.0 Å². The molecule has 0 unspecified atom stereocenters. The van der Waals surface area contributed by atoms with Crippen LogP contribution in [0.15, 0.2) is 59.5 Å². The van der Waals surface area contributed by atoms with Crippen LogP contribution in [0, 0.1) is 0 Å². The number of tetrazole rings is 1. The first-order valence-corrected chi connectivity index (χ1v) is 7.94. The number of pyridine rings is 1. The van der Waals surface area contributed by atoms with Gasteiger partial charge in [-0.2, -0.15) is 0 Å². The number of nitrogens with one attached hydrogen (secondary N) is 2. The second-order valence-corrected chi connectivity index (χ2v) is 5.56. The van der Waals surface area contributed by atoms with Gasteiger partial charge in [-0.05, 0) is 34.7 Å². The monoisotopic (exact) mass is 363 g/mol. The fraction of sp³-hybridized carbons (Fsp3) is 0.0588. The molecule has 0 fully saturated rings. The first-order chi connectivity index (χ1) is 13.2. The van der Waals surface area contributed by atoms with Crippen molar-refractivity contribution in [1.29, 1.82) is 0 Å². The second-order valence-electron chi connectivity index (χ2n) is 5.56. The molecular weight excluding hydrogens is 350 g/mol. The highest BCUT2D eigenvalue weighted by atomic mass is 16.3. The molecule has 10 nitrogen and oxygen atoms in total. The van der Waals surface area contributed by atoms with Gasteiger partial charge in [-0.1, -0.05) is 18.2 Å². The van der Waals surface area contributed by atoms with Crippen LogP contribution in [0.1, 0.15) is 10.4 Å². The van der Waals surface area contributed by atoms with Gasteiger partial charge in [0, 0.05) is 5.39 Å². The number of hydrazine groups is 1. The Hall–Kier alpha value is -4.08. The summed E-state index contributed by atoms with van der Waals surface area (Å²) in [5.74, 6) is -0.413. The van der Waals surface area contributed by atoms with E-state index in [0.717, 1.165) is 0 Å². The molecule has 0 saturated heterocycles. The van der Waals surface area contributed by atoms with Crippen molar-refractivity contribution in [2.45, 2.75) is 6.54 Å². The standard InChI is InChI=1S/C17H13N7O3/c25-16(9-24-10-18-22-23-24)20-21-17(26)12-8-14(15-6-3-7-27-15)19-13-5-2-1-4-11(12)13/h1-8,10H,9H2,(H,20,25)(H,21,26). The van der Waals surface area contributed by atoms with Crippen LogP contribution in [0.3, 0.4) is 0 Å². The number of furan rings is 1. The predicted octanol–water partition coefficient (Wildman–Crippen LogP) is 0.943. The van der Waals surface area contributed by atoms with Crippen molar-refractivity contribution in [3.05, 3.63) is 60.6 Å². The van der Waals surface area contributed by atoms with Crippen LogP contribution < -0.4 is 10.9 Å². The highest BCUT2D eigenvalue weighted by Gasteiger charge is 2.15. The van der Waals surface area contributed by atoms with E-state index in [1.54, 1.807) is 30.3 Å². The normalized spacial score (nSPS) is 10.7. The van der Waals surface area contributed by atoms with Gasteiger partial charge in [0.05, 0.1) is 17.3 Å². The molecule has 0 aliphatic rings.